The number of hydrogen-bond donors (Lipinski definition) is 1. The number of carbonyl (C=O) groups is 2. The summed E-state index contributed by atoms with van der Waals surface area (Å²) in [6.07, 6.45) is 0. The molecule has 0 saturated heterocycles. The summed E-state index contributed by atoms with van der Waals surface area (Å²) in [7, 11) is 1.48. The second-order valence-corrected chi connectivity index (χ2v) is 7.15. The second-order valence-electron chi connectivity index (χ2n) is 6.09. The zero-order valence-electron chi connectivity index (χ0n) is 15.8. The van der Waals surface area contributed by atoms with Gasteiger partial charge in [0.2, 0.25) is 0 Å². The molecule has 0 unspecified atom stereocenters. The molecule has 0 atom stereocenters. The van der Waals surface area contributed by atoms with Crippen LogP contribution in [-0.2, 0) is 4.79 Å². The summed E-state index contributed by atoms with van der Waals surface area (Å²) < 4.78 is 10.8. The third kappa shape index (κ3) is 4.75. The van der Waals surface area contributed by atoms with Gasteiger partial charge in [-0.2, -0.15) is 0 Å². The number of hydrogen-bond acceptors (Lipinski definition) is 6. The van der Waals surface area contributed by atoms with E-state index in [9.17, 15) is 9.59 Å². The molecular weight excluding hydrogens is 376 g/mol. The first-order chi connectivity index (χ1) is 13.5. The normalized spacial score (nSPS) is 10.4. The van der Waals surface area contributed by atoms with Crippen LogP contribution in [-0.4, -0.2) is 30.4 Å². The van der Waals surface area contributed by atoms with Crippen LogP contribution in [0.1, 0.15) is 22.3 Å². The van der Waals surface area contributed by atoms with Gasteiger partial charge in [0.1, 0.15) is 0 Å². The van der Waals surface area contributed by atoms with E-state index in [1.54, 1.807) is 29.5 Å². The highest BCUT2D eigenvalue weighted by Crippen LogP contribution is 2.28. The Balaban J connectivity index is 1.59. The number of aryl methyl sites for hydroxylation is 1. The topological polar surface area (TPSA) is 77.5 Å². The Kier molecular flexibility index (Phi) is 6.06. The van der Waals surface area contributed by atoms with E-state index in [4.69, 9.17) is 9.47 Å². The van der Waals surface area contributed by atoms with Crippen LogP contribution in [0, 0.1) is 6.92 Å². The second kappa shape index (κ2) is 8.67. The molecule has 1 aromatic heterocycles. The maximum Gasteiger partial charge on any atom is 0.262 e. The molecule has 1 heterocycles. The Bertz CT molecular complexity index is 996. The zero-order chi connectivity index (χ0) is 20.1. The van der Waals surface area contributed by atoms with E-state index in [2.05, 4.69) is 10.3 Å². The van der Waals surface area contributed by atoms with Gasteiger partial charge in [-0.15, -0.1) is 11.3 Å². The minimum atomic E-state index is -0.296. The van der Waals surface area contributed by atoms with E-state index < -0.39 is 0 Å². The number of methoxy groups -OCH3 is 1. The number of rotatable bonds is 7. The summed E-state index contributed by atoms with van der Waals surface area (Å²) >= 11 is 1.60. The van der Waals surface area contributed by atoms with Crippen molar-refractivity contribution in [2.24, 2.45) is 0 Å². The molecule has 2 aromatic carbocycles. The number of benzene rings is 2. The van der Waals surface area contributed by atoms with E-state index in [0.29, 0.717) is 22.7 Å². The standard InChI is InChI=1S/C21H20N2O4S/c1-13(24)16-6-9-19(20(10-16)26-3)27-11-21(25)23-17-7-4-15(5-8-17)18-12-28-14(2)22-18/h4-10,12H,11H2,1-3H3,(H,23,25). The van der Waals surface area contributed by atoms with Crippen molar-refractivity contribution in [1.82, 2.24) is 4.98 Å². The maximum atomic E-state index is 12.2. The van der Waals surface area contributed by atoms with Gasteiger partial charge in [-0.25, -0.2) is 4.98 Å². The van der Waals surface area contributed by atoms with Gasteiger partial charge in [0.25, 0.3) is 5.91 Å². The van der Waals surface area contributed by atoms with Crippen LogP contribution < -0.4 is 14.8 Å². The van der Waals surface area contributed by atoms with E-state index in [1.807, 2.05) is 36.6 Å². The number of ketones is 1. The van der Waals surface area contributed by atoms with Gasteiger partial charge in [0, 0.05) is 22.2 Å². The third-order valence-corrected chi connectivity index (χ3v) is 4.79. The number of anilines is 1. The van der Waals surface area contributed by atoms with Crippen molar-refractivity contribution in [3.05, 3.63) is 58.4 Å². The number of ether oxygens (including phenoxy) is 2. The van der Waals surface area contributed by atoms with E-state index in [1.165, 1.54) is 14.0 Å². The Morgan fingerprint density at radius 1 is 1.11 bits per heavy atom. The molecule has 0 aliphatic heterocycles. The van der Waals surface area contributed by atoms with Crippen molar-refractivity contribution in [2.75, 3.05) is 19.0 Å². The average Bonchev–Trinajstić information content (AvgIpc) is 3.13. The number of aromatic nitrogens is 1. The molecule has 0 aliphatic carbocycles. The van der Waals surface area contributed by atoms with Crippen molar-refractivity contribution in [1.29, 1.82) is 0 Å². The molecule has 1 N–H and O–H groups in total. The molecule has 3 aromatic rings. The van der Waals surface area contributed by atoms with Gasteiger partial charge in [-0.05, 0) is 44.2 Å². The molecule has 0 radical (unpaired) electrons. The molecule has 3 rings (SSSR count). The smallest absolute Gasteiger partial charge is 0.262 e. The number of thiazole rings is 1. The monoisotopic (exact) mass is 396 g/mol. The van der Waals surface area contributed by atoms with Crippen molar-refractivity contribution in [3.63, 3.8) is 0 Å². The Morgan fingerprint density at radius 3 is 2.46 bits per heavy atom. The van der Waals surface area contributed by atoms with Crippen LogP contribution in [0.3, 0.4) is 0 Å². The van der Waals surface area contributed by atoms with Gasteiger partial charge in [0.05, 0.1) is 17.8 Å². The van der Waals surface area contributed by atoms with Gasteiger partial charge < -0.3 is 14.8 Å². The summed E-state index contributed by atoms with van der Waals surface area (Å²) in [5.74, 6) is 0.439. The molecule has 7 heteroatoms. The molecule has 144 valence electrons. The van der Waals surface area contributed by atoms with Crippen molar-refractivity contribution in [2.45, 2.75) is 13.8 Å². The number of nitrogens with zero attached hydrogens (tertiary/aromatic N) is 1. The quantitative estimate of drug-likeness (QED) is 0.601. The molecular formula is C21H20N2O4S. The first kappa shape index (κ1) is 19.6. The maximum absolute atomic E-state index is 12.2. The molecule has 0 saturated carbocycles. The molecule has 0 spiro atoms. The highest BCUT2D eigenvalue weighted by molar-refractivity contribution is 7.09. The van der Waals surface area contributed by atoms with Crippen molar-refractivity contribution < 1.29 is 19.1 Å². The Hall–Kier alpha value is -3.19. The van der Waals surface area contributed by atoms with Gasteiger partial charge in [-0.3, -0.25) is 9.59 Å². The molecule has 0 bridgehead atoms. The summed E-state index contributed by atoms with van der Waals surface area (Å²) in [5.41, 5.74) is 3.10. The predicted octanol–water partition coefficient (Wildman–Crippen LogP) is 4.35. The summed E-state index contributed by atoms with van der Waals surface area (Å²) in [6, 6.07) is 12.3. The first-order valence-electron chi connectivity index (χ1n) is 8.60. The number of Topliss-reactive ketones (excluding diaryl/α,β-unsaturated/α-hetero) is 1. The summed E-state index contributed by atoms with van der Waals surface area (Å²) in [4.78, 5) is 28.1. The van der Waals surface area contributed by atoms with Gasteiger partial charge in [-0.1, -0.05) is 12.1 Å². The predicted molar refractivity (Wildman–Crippen MR) is 109 cm³/mol. The van der Waals surface area contributed by atoms with Gasteiger partial charge in [0.15, 0.2) is 23.9 Å². The summed E-state index contributed by atoms with van der Waals surface area (Å²) in [6.45, 7) is 3.26. The Morgan fingerprint density at radius 2 is 1.86 bits per heavy atom. The third-order valence-electron chi connectivity index (χ3n) is 4.01. The van der Waals surface area contributed by atoms with E-state index in [0.717, 1.165) is 16.3 Å². The van der Waals surface area contributed by atoms with Crippen molar-refractivity contribution >= 4 is 28.7 Å². The zero-order valence-corrected chi connectivity index (χ0v) is 16.6. The van der Waals surface area contributed by atoms with Crippen LogP contribution in [0.25, 0.3) is 11.3 Å². The van der Waals surface area contributed by atoms with Crippen LogP contribution in [0.5, 0.6) is 11.5 Å². The fraction of sp³-hybridized carbons (Fsp3) is 0.190. The number of nitrogens with one attached hydrogen (secondary N) is 1. The van der Waals surface area contributed by atoms with Crippen LogP contribution >= 0.6 is 11.3 Å². The summed E-state index contributed by atoms with van der Waals surface area (Å²) in [5, 5.41) is 5.80. The molecule has 28 heavy (non-hydrogen) atoms. The average molecular weight is 396 g/mol. The largest absolute Gasteiger partial charge is 0.493 e. The number of carbonyl (C=O) groups excluding carboxylic acids is 2. The lowest BCUT2D eigenvalue weighted by atomic mass is 10.1. The van der Waals surface area contributed by atoms with Crippen LogP contribution in [0.2, 0.25) is 0 Å². The molecule has 1 amide bonds. The fourth-order valence-electron chi connectivity index (χ4n) is 2.57. The Labute approximate surface area is 167 Å². The highest BCUT2D eigenvalue weighted by Gasteiger charge is 2.11. The number of amides is 1. The van der Waals surface area contributed by atoms with E-state index in [-0.39, 0.29) is 18.3 Å². The minimum Gasteiger partial charge on any atom is -0.493 e. The first-order valence-corrected chi connectivity index (χ1v) is 9.48. The highest BCUT2D eigenvalue weighted by atomic mass is 32.1. The van der Waals surface area contributed by atoms with Crippen molar-refractivity contribution in [3.8, 4) is 22.8 Å². The molecule has 0 fully saturated rings. The lowest BCUT2D eigenvalue weighted by Crippen LogP contribution is -2.20. The van der Waals surface area contributed by atoms with Gasteiger partial charge >= 0.3 is 0 Å². The fourth-order valence-corrected chi connectivity index (χ4v) is 3.19. The van der Waals surface area contributed by atoms with Crippen LogP contribution in [0.15, 0.2) is 47.8 Å². The van der Waals surface area contributed by atoms with Crippen LogP contribution in [0.4, 0.5) is 5.69 Å². The lowest BCUT2D eigenvalue weighted by molar-refractivity contribution is -0.118. The van der Waals surface area contributed by atoms with E-state index >= 15 is 0 Å². The molecule has 6 nitrogen and oxygen atoms in total. The minimum absolute atomic E-state index is 0.0705. The molecule has 0 aliphatic rings. The lowest BCUT2D eigenvalue weighted by Gasteiger charge is -2.12. The SMILES string of the molecule is COc1cc(C(C)=O)ccc1OCC(=O)Nc1ccc(-c2csc(C)n2)cc1.